The van der Waals surface area contributed by atoms with E-state index in [0.717, 1.165) is 4.90 Å². The third-order valence-electron chi connectivity index (χ3n) is 1.76. The average Bonchev–Trinajstić information content (AvgIpc) is 2.16. The van der Waals surface area contributed by atoms with Crippen LogP contribution < -0.4 is 5.73 Å². The lowest BCUT2D eigenvalue weighted by Crippen LogP contribution is -2.30. The van der Waals surface area contributed by atoms with Crippen molar-refractivity contribution in [1.29, 1.82) is 0 Å². The van der Waals surface area contributed by atoms with E-state index in [9.17, 15) is 4.79 Å². The summed E-state index contributed by atoms with van der Waals surface area (Å²) in [6.45, 7) is 2.01. The Hall–Kier alpha value is -1.00. The molecule has 0 aliphatic rings. The van der Waals surface area contributed by atoms with E-state index < -0.39 is 12.0 Å². The molecule has 0 bridgehead atoms. The van der Waals surface area contributed by atoms with Crippen LogP contribution in [-0.2, 0) is 4.79 Å². The van der Waals surface area contributed by atoms with Crippen molar-refractivity contribution in [3.63, 3.8) is 0 Å². The molecule has 1 amide bonds. The fourth-order valence-electron chi connectivity index (χ4n) is 0.892. The van der Waals surface area contributed by atoms with Crippen LogP contribution in [0, 0.1) is 6.92 Å². The Balaban J connectivity index is 2.46. The second-order valence-electron chi connectivity index (χ2n) is 3.04. The molecule has 0 unspecified atom stereocenters. The number of hydrogen-bond donors (Lipinski definition) is 2. The molecule has 0 radical (unpaired) electrons. The molecule has 0 fully saturated rings. The molecule has 14 heavy (non-hydrogen) atoms. The zero-order valence-corrected chi connectivity index (χ0v) is 8.75. The SMILES string of the molecule is Cc1ccc(SC[C@H](O)C(N)=O)cc1. The average molecular weight is 211 g/mol. The van der Waals surface area contributed by atoms with E-state index in [4.69, 9.17) is 10.8 Å². The molecule has 0 aliphatic carbocycles. The molecule has 0 saturated carbocycles. The Bertz CT molecular complexity index is 310. The first-order valence-corrected chi connectivity index (χ1v) is 5.25. The second kappa shape index (κ2) is 5.02. The van der Waals surface area contributed by atoms with Crippen LogP contribution in [0.2, 0.25) is 0 Å². The number of aliphatic hydroxyl groups excluding tert-OH is 1. The second-order valence-corrected chi connectivity index (χ2v) is 4.14. The normalized spacial score (nSPS) is 12.4. The summed E-state index contributed by atoms with van der Waals surface area (Å²) in [4.78, 5) is 11.6. The number of carbonyl (C=O) groups is 1. The number of aliphatic hydroxyl groups is 1. The van der Waals surface area contributed by atoms with E-state index >= 15 is 0 Å². The number of benzene rings is 1. The lowest BCUT2D eigenvalue weighted by molar-refractivity contribution is -0.124. The summed E-state index contributed by atoms with van der Waals surface area (Å²) in [7, 11) is 0. The number of thioether (sulfide) groups is 1. The summed E-state index contributed by atoms with van der Waals surface area (Å²) in [5, 5.41) is 9.15. The summed E-state index contributed by atoms with van der Waals surface area (Å²) in [5.41, 5.74) is 6.11. The molecular formula is C10H13NO2S. The summed E-state index contributed by atoms with van der Waals surface area (Å²) in [6.07, 6.45) is -1.07. The molecule has 76 valence electrons. The fraction of sp³-hybridized carbons (Fsp3) is 0.300. The highest BCUT2D eigenvalue weighted by Gasteiger charge is 2.10. The molecule has 1 atom stereocenters. The Morgan fingerprint density at radius 1 is 1.50 bits per heavy atom. The zero-order valence-electron chi connectivity index (χ0n) is 7.93. The Morgan fingerprint density at radius 3 is 2.57 bits per heavy atom. The van der Waals surface area contributed by atoms with E-state index in [1.807, 2.05) is 31.2 Å². The van der Waals surface area contributed by atoms with Crippen molar-refractivity contribution in [2.45, 2.75) is 17.9 Å². The number of carbonyl (C=O) groups excluding carboxylic acids is 1. The fourth-order valence-corrected chi connectivity index (χ4v) is 1.73. The molecule has 0 spiro atoms. The minimum absolute atomic E-state index is 0.304. The molecule has 3 N–H and O–H groups in total. The highest BCUT2D eigenvalue weighted by atomic mass is 32.2. The van der Waals surface area contributed by atoms with Crippen LogP contribution in [0.1, 0.15) is 5.56 Å². The smallest absolute Gasteiger partial charge is 0.247 e. The van der Waals surface area contributed by atoms with Crippen molar-refractivity contribution in [3.05, 3.63) is 29.8 Å². The topological polar surface area (TPSA) is 63.3 Å². The molecule has 4 heteroatoms. The summed E-state index contributed by atoms with van der Waals surface area (Å²) in [6, 6.07) is 7.87. The zero-order chi connectivity index (χ0) is 10.6. The maximum absolute atomic E-state index is 10.5. The lowest BCUT2D eigenvalue weighted by atomic mass is 10.2. The van der Waals surface area contributed by atoms with Gasteiger partial charge in [-0.15, -0.1) is 11.8 Å². The Kier molecular flexibility index (Phi) is 3.98. The van der Waals surface area contributed by atoms with Crippen LogP contribution in [0.25, 0.3) is 0 Å². The monoisotopic (exact) mass is 211 g/mol. The van der Waals surface area contributed by atoms with Gasteiger partial charge in [-0.1, -0.05) is 17.7 Å². The van der Waals surface area contributed by atoms with Gasteiger partial charge < -0.3 is 10.8 Å². The molecule has 0 aromatic heterocycles. The van der Waals surface area contributed by atoms with Crippen molar-refractivity contribution in [2.24, 2.45) is 5.73 Å². The first-order valence-electron chi connectivity index (χ1n) is 4.26. The summed E-state index contributed by atoms with van der Waals surface area (Å²) in [5.74, 6) is -0.372. The lowest BCUT2D eigenvalue weighted by Gasteiger charge is -2.05. The number of amides is 1. The van der Waals surface area contributed by atoms with Crippen molar-refractivity contribution >= 4 is 17.7 Å². The summed E-state index contributed by atoms with van der Waals surface area (Å²) >= 11 is 1.41. The van der Waals surface area contributed by atoms with Crippen LogP contribution in [0.5, 0.6) is 0 Å². The highest BCUT2D eigenvalue weighted by molar-refractivity contribution is 7.99. The van der Waals surface area contributed by atoms with Crippen LogP contribution >= 0.6 is 11.8 Å². The molecule has 3 nitrogen and oxygen atoms in total. The van der Waals surface area contributed by atoms with Crippen LogP contribution in [0.15, 0.2) is 29.2 Å². The van der Waals surface area contributed by atoms with Gasteiger partial charge in [0.1, 0.15) is 6.10 Å². The van der Waals surface area contributed by atoms with Gasteiger partial charge in [0.2, 0.25) is 5.91 Å². The third kappa shape index (κ3) is 3.40. The predicted octanol–water partition coefficient (Wildman–Crippen LogP) is 0.933. The molecule has 1 aromatic carbocycles. The molecule has 1 aromatic rings. The molecular weight excluding hydrogens is 198 g/mol. The molecule has 0 aliphatic heterocycles. The van der Waals surface area contributed by atoms with Gasteiger partial charge in [0.15, 0.2) is 0 Å². The van der Waals surface area contributed by atoms with Gasteiger partial charge in [0, 0.05) is 10.6 Å². The Labute approximate surface area is 87.3 Å². The molecule has 0 saturated heterocycles. The van der Waals surface area contributed by atoms with Gasteiger partial charge in [-0.2, -0.15) is 0 Å². The van der Waals surface area contributed by atoms with Crippen molar-refractivity contribution in [3.8, 4) is 0 Å². The number of primary amides is 1. The molecule has 1 rings (SSSR count). The maximum Gasteiger partial charge on any atom is 0.247 e. The van der Waals surface area contributed by atoms with Crippen LogP contribution in [0.4, 0.5) is 0 Å². The van der Waals surface area contributed by atoms with E-state index in [1.165, 1.54) is 17.3 Å². The number of nitrogens with two attached hydrogens (primary N) is 1. The first kappa shape index (κ1) is 11.1. The Morgan fingerprint density at radius 2 is 2.07 bits per heavy atom. The van der Waals surface area contributed by atoms with Gasteiger partial charge in [0.05, 0.1) is 0 Å². The minimum atomic E-state index is -1.07. The predicted molar refractivity (Wildman–Crippen MR) is 57.1 cm³/mol. The number of hydrogen-bond acceptors (Lipinski definition) is 3. The van der Waals surface area contributed by atoms with Crippen molar-refractivity contribution in [2.75, 3.05) is 5.75 Å². The van der Waals surface area contributed by atoms with E-state index in [2.05, 4.69) is 0 Å². The largest absolute Gasteiger partial charge is 0.382 e. The number of aryl methyl sites for hydroxylation is 1. The maximum atomic E-state index is 10.5. The molecule has 0 heterocycles. The van der Waals surface area contributed by atoms with Gasteiger partial charge >= 0.3 is 0 Å². The van der Waals surface area contributed by atoms with Gasteiger partial charge in [-0.05, 0) is 19.1 Å². The highest BCUT2D eigenvalue weighted by Crippen LogP contribution is 2.18. The van der Waals surface area contributed by atoms with Crippen LogP contribution in [0.3, 0.4) is 0 Å². The standard InChI is InChI=1S/C10H13NO2S/c1-7-2-4-8(5-3-7)14-6-9(12)10(11)13/h2-5,9,12H,6H2,1H3,(H2,11,13)/t9-/m0/s1. The van der Waals surface area contributed by atoms with E-state index in [-0.39, 0.29) is 0 Å². The van der Waals surface area contributed by atoms with E-state index in [1.54, 1.807) is 0 Å². The van der Waals surface area contributed by atoms with Gasteiger partial charge in [-0.25, -0.2) is 0 Å². The van der Waals surface area contributed by atoms with Gasteiger partial charge in [-0.3, -0.25) is 4.79 Å². The van der Waals surface area contributed by atoms with Gasteiger partial charge in [0.25, 0.3) is 0 Å². The van der Waals surface area contributed by atoms with E-state index in [0.29, 0.717) is 5.75 Å². The summed E-state index contributed by atoms with van der Waals surface area (Å²) < 4.78 is 0. The quantitative estimate of drug-likeness (QED) is 0.728. The van der Waals surface area contributed by atoms with Crippen molar-refractivity contribution < 1.29 is 9.90 Å². The first-order chi connectivity index (χ1) is 6.59. The minimum Gasteiger partial charge on any atom is -0.382 e. The van der Waals surface area contributed by atoms with Crippen molar-refractivity contribution in [1.82, 2.24) is 0 Å². The van der Waals surface area contributed by atoms with Crippen LogP contribution in [-0.4, -0.2) is 22.9 Å². The number of rotatable bonds is 4. The third-order valence-corrected chi connectivity index (χ3v) is 2.85.